The molecule has 0 radical (unpaired) electrons. The summed E-state index contributed by atoms with van der Waals surface area (Å²) in [6.45, 7) is 0.455. The molecule has 1 atom stereocenters. The Morgan fingerprint density at radius 3 is 2.77 bits per heavy atom. The van der Waals surface area contributed by atoms with Gasteiger partial charge in [-0.25, -0.2) is 8.42 Å². The van der Waals surface area contributed by atoms with Crippen LogP contribution in [0.5, 0.6) is 5.75 Å². The van der Waals surface area contributed by atoms with E-state index in [0.717, 1.165) is 25.7 Å². The Morgan fingerprint density at radius 2 is 2.03 bits per heavy atom. The molecule has 0 bridgehead atoms. The number of hydrogen-bond donors (Lipinski definition) is 2. The average Bonchev–Trinajstić information content (AvgIpc) is 3.19. The summed E-state index contributed by atoms with van der Waals surface area (Å²) >= 11 is 0. The summed E-state index contributed by atoms with van der Waals surface area (Å²) in [4.78, 5) is 26.1. The predicted molar refractivity (Wildman–Crippen MR) is 112 cm³/mol. The van der Waals surface area contributed by atoms with Crippen LogP contribution in [0.15, 0.2) is 22.6 Å². The molecule has 1 saturated heterocycles. The van der Waals surface area contributed by atoms with Gasteiger partial charge in [0.05, 0.1) is 11.3 Å². The molecular formula is C21H27N3O5S. The summed E-state index contributed by atoms with van der Waals surface area (Å²) in [5.74, 6) is -0.0683. The topological polar surface area (TPSA) is 128 Å². The van der Waals surface area contributed by atoms with E-state index in [0.29, 0.717) is 48.6 Å². The van der Waals surface area contributed by atoms with Crippen LogP contribution in [0.25, 0.3) is 0 Å². The maximum Gasteiger partial charge on any atom is 0.259 e. The minimum atomic E-state index is -3.66. The Kier molecular flexibility index (Phi) is 5.57. The first-order valence-electron chi connectivity index (χ1n) is 10.5. The molecule has 162 valence electrons. The zero-order chi connectivity index (χ0) is 21.4. The van der Waals surface area contributed by atoms with Crippen LogP contribution in [0.1, 0.15) is 56.1 Å². The normalized spacial score (nSPS) is 25.9. The van der Waals surface area contributed by atoms with Crippen molar-refractivity contribution in [1.29, 1.82) is 0 Å². The first kappa shape index (κ1) is 20.8. The number of fused-ring (bicyclic) bond motifs is 1. The molecule has 8 nitrogen and oxygen atoms in total. The third kappa shape index (κ3) is 3.95. The Morgan fingerprint density at radius 1 is 1.27 bits per heavy atom. The first-order chi connectivity index (χ1) is 14.3. The van der Waals surface area contributed by atoms with Crippen molar-refractivity contribution in [3.8, 4) is 5.75 Å². The van der Waals surface area contributed by atoms with Gasteiger partial charge in [-0.05, 0) is 30.4 Å². The van der Waals surface area contributed by atoms with Gasteiger partial charge in [0, 0.05) is 13.0 Å². The Labute approximate surface area is 176 Å². The number of nitrogens with one attached hydrogen (secondary N) is 1. The number of nitrogens with zero attached hydrogens (tertiary/aromatic N) is 1. The lowest BCUT2D eigenvalue weighted by Gasteiger charge is -2.35. The van der Waals surface area contributed by atoms with Crippen molar-refractivity contribution in [1.82, 2.24) is 5.32 Å². The van der Waals surface area contributed by atoms with Gasteiger partial charge in [-0.15, -0.1) is 4.40 Å². The summed E-state index contributed by atoms with van der Waals surface area (Å²) in [5, 5.41) is 2.83. The number of nitrogens with two attached hydrogens (primary N) is 1. The van der Waals surface area contributed by atoms with E-state index in [1.165, 1.54) is 0 Å². The van der Waals surface area contributed by atoms with Gasteiger partial charge >= 0.3 is 0 Å². The van der Waals surface area contributed by atoms with Crippen LogP contribution in [0.2, 0.25) is 0 Å². The van der Waals surface area contributed by atoms with Crippen LogP contribution < -0.4 is 15.8 Å². The maximum absolute atomic E-state index is 13.3. The predicted octanol–water partition coefficient (Wildman–Crippen LogP) is 1.66. The lowest BCUT2D eigenvalue weighted by Crippen LogP contribution is -2.54. The molecule has 4 rings (SSSR count). The van der Waals surface area contributed by atoms with Gasteiger partial charge in [-0.3, -0.25) is 9.59 Å². The summed E-state index contributed by atoms with van der Waals surface area (Å²) in [6.07, 6.45) is 5.86. The van der Waals surface area contributed by atoms with Crippen molar-refractivity contribution < 1.29 is 22.7 Å². The molecule has 1 aromatic carbocycles. The quantitative estimate of drug-likeness (QED) is 0.657. The first-order valence-corrected chi connectivity index (χ1v) is 12.1. The third-order valence-corrected chi connectivity index (χ3v) is 7.55. The van der Waals surface area contributed by atoms with E-state index in [1.807, 2.05) is 0 Å². The van der Waals surface area contributed by atoms with Crippen LogP contribution in [0.4, 0.5) is 0 Å². The number of rotatable bonds is 6. The van der Waals surface area contributed by atoms with Gasteiger partial charge in [0.1, 0.15) is 23.6 Å². The largest absolute Gasteiger partial charge is 0.491 e. The average molecular weight is 434 g/mol. The molecule has 1 aliphatic carbocycles. The summed E-state index contributed by atoms with van der Waals surface area (Å²) in [5.41, 5.74) is 5.60. The van der Waals surface area contributed by atoms with E-state index in [1.54, 1.807) is 18.2 Å². The highest BCUT2D eigenvalue weighted by molar-refractivity contribution is 7.89. The Balaban J connectivity index is 1.60. The lowest BCUT2D eigenvalue weighted by molar-refractivity contribution is -0.147. The second kappa shape index (κ2) is 8.02. The second-order valence-corrected chi connectivity index (χ2v) is 10.1. The molecule has 1 amide bonds. The van der Waals surface area contributed by atoms with Crippen molar-refractivity contribution in [3.05, 3.63) is 29.3 Å². The zero-order valence-electron chi connectivity index (χ0n) is 16.9. The molecule has 2 aliphatic heterocycles. The van der Waals surface area contributed by atoms with Crippen molar-refractivity contribution in [2.24, 2.45) is 21.5 Å². The smallest absolute Gasteiger partial charge is 0.259 e. The van der Waals surface area contributed by atoms with E-state index < -0.39 is 15.4 Å². The molecular weight excluding hydrogens is 406 g/mol. The number of ether oxygens (including phenoxy) is 1. The molecule has 9 heteroatoms. The minimum absolute atomic E-state index is 0.0689. The molecule has 3 aliphatic rings. The fourth-order valence-electron chi connectivity index (χ4n) is 4.76. The third-order valence-electron chi connectivity index (χ3n) is 6.40. The number of amidine groups is 1. The molecule has 3 N–H and O–H groups in total. The van der Waals surface area contributed by atoms with E-state index in [2.05, 4.69) is 9.71 Å². The van der Waals surface area contributed by atoms with Crippen molar-refractivity contribution >= 4 is 27.5 Å². The summed E-state index contributed by atoms with van der Waals surface area (Å²) in [6, 6.07) is 5.00. The highest BCUT2D eigenvalue weighted by atomic mass is 32.2. The van der Waals surface area contributed by atoms with Crippen LogP contribution in [-0.4, -0.2) is 39.1 Å². The number of piperidine rings is 1. The zero-order valence-corrected chi connectivity index (χ0v) is 17.7. The number of benzene rings is 1. The molecule has 0 spiro atoms. The molecule has 2 fully saturated rings. The standard InChI is InChI=1S/C21H27N3O5S/c22-19-18-15(12-30(27,28)24-19)7-3-8-16(18)29-13-21(9-4-10-23-20(21)26)17(25)11-14-5-1-2-6-14/h3,7-8,14H,1-2,4-6,9-13H2,(H2,22,24)(H,23,26). The highest BCUT2D eigenvalue weighted by Gasteiger charge is 2.48. The van der Waals surface area contributed by atoms with Crippen molar-refractivity contribution in [2.75, 3.05) is 13.2 Å². The number of amides is 1. The number of carbonyl (C=O) groups is 2. The van der Waals surface area contributed by atoms with Gasteiger partial charge < -0.3 is 15.8 Å². The molecule has 1 aromatic rings. The number of carbonyl (C=O) groups excluding carboxylic acids is 2. The van der Waals surface area contributed by atoms with E-state index >= 15 is 0 Å². The van der Waals surface area contributed by atoms with Gasteiger partial charge in [0.25, 0.3) is 10.0 Å². The fourth-order valence-corrected chi connectivity index (χ4v) is 5.85. The van der Waals surface area contributed by atoms with E-state index in [4.69, 9.17) is 10.5 Å². The SMILES string of the molecule is NC1=NS(=O)(=O)Cc2cccc(OCC3(C(=O)CC4CCCC4)CCCNC3=O)c21. The van der Waals surface area contributed by atoms with Crippen LogP contribution >= 0.6 is 0 Å². The van der Waals surface area contributed by atoms with Crippen LogP contribution in [0.3, 0.4) is 0 Å². The molecule has 2 heterocycles. The molecule has 0 aromatic heterocycles. The van der Waals surface area contributed by atoms with Crippen molar-refractivity contribution in [3.63, 3.8) is 0 Å². The van der Waals surface area contributed by atoms with Crippen LogP contribution in [-0.2, 0) is 25.4 Å². The number of Topliss-reactive ketones (excluding diaryl/α,β-unsaturated/α-hetero) is 1. The minimum Gasteiger partial charge on any atom is -0.491 e. The van der Waals surface area contributed by atoms with Gasteiger partial charge in [-0.2, -0.15) is 0 Å². The summed E-state index contributed by atoms with van der Waals surface area (Å²) in [7, 11) is -3.66. The maximum atomic E-state index is 13.3. The van der Waals surface area contributed by atoms with Gasteiger partial charge in [-0.1, -0.05) is 37.8 Å². The fraction of sp³-hybridized carbons (Fsp3) is 0.571. The number of ketones is 1. The van der Waals surface area contributed by atoms with Gasteiger partial charge in [0.2, 0.25) is 5.91 Å². The lowest BCUT2D eigenvalue weighted by atomic mass is 9.74. The molecule has 1 saturated carbocycles. The number of sulfonamides is 1. The summed E-state index contributed by atoms with van der Waals surface area (Å²) < 4.78 is 33.4. The number of hydrogen-bond acceptors (Lipinski definition) is 6. The van der Waals surface area contributed by atoms with E-state index in [-0.39, 0.29) is 29.9 Å². The Hall–Kier alpha value is -2.42. The monoisotopic (exact) mass is 433 g/mol. The highest BCUT2D eigenvalue weighted by Crippen LogP contribution is 2.37. The van der Waals surface area contributed by atoms with Gasteiger partial charge in [0.15, 0.2) is 5.78 Å². The van der Waals surface area contributed by atoms with Crippen molar-refractivity contribution in [2.45, 2.75) is 50.7 Å². The van der Waals surface area contributed by atoms with E-state index in [9.17, 15) is 18.0 Å². The van der Waals surface area contributed by atoms with Crippen LogP contribution in [0, 0.1) is 11.3 Å². The molecule has 30 heavy (non-hydrogen) atoms. The second-order valence-electron chi connectivity index (χ2n) is 8.50. The Bertz CT molecular complexity index is 998. The molecule has 1 unspecified atom stereocenters.